The van der Waals surface area contributed by atoms with E-state index in [0.29, 0.717) is 0 Å². The Morgan fingerprint density at radius 1 is 0.786 bits per heavy atom. The fourth-order valence-electron chi connectivity index (χ4n) is 0.676. The van der Waals surface area contributed by atoms with E-state index in [4.69, 9.17) is 0 Å². The largest absolute Gasteiger partial charge is 0.299 e. The molecule has 0 atom stereocenters. The normalized spacial score (nSPS) is 11.9. The molecule has 91 valence electrons. The van der Waals surface area contributed by atoms with Crippen LogP contribution in [0.15, 0.2) is 0 Å². The molecule has 0 aliphatic rings. The van der Waals surface area contributed by atoms with E-state index in [0.717, 1.165) is 0 Å². The Kier molecular flexibility index (Phi) is 6.80. The van der Waals surface area contributed by atoms with Crippen molar-refractivity contribution in [3.05, 3.63) is 0 Å². The zero-order valence-corrected chi connectivity index (χ0v) is 11.4. The van der Waals surface area contributed by atoms with Crippen LogP contribution in [0.3, 0.4) is 0 Å². The molecule has 0 aromatic heterocycles. The van der Waals surface area contributed by atoms with Gasteiger partial charge in [-0.2, -0.15) is 0 Å². The number of ketones is 2. The average Bonchev–Trinajstić information content (AvgIpc) is 1.82. The third kappa shape index (κ3) is 6.13. The molecule has 0 fully saturated rings. The van der Waals surface area contributed by atoms with Crippen LogP contribution in [-0.4, -0.2) is 11.6 Å². The molecule has 0 amide bonds. The molecule has 1 radical (unpaired) electrons. The molecule has 0 aliphatic heterocycles. The van der Waals surface area contributed by atoms with E-state index in [2.05, 4.69) is 0 Å². The molecular weight excluding hydrogens is 339 g/mol. The Bertz CT molecular complexity index is 194. The Hall–Kier alpha value is 0.574. The molecule has 0 spiro atoms. The Labute approximate surface area is 116 Å². The van der Waals surface area contributed by atoms with Crippen LogP contribution in [0, 0.1) is 47.7 Å². The van der Waals surface area contributed by atoms with Crippen molar-refractivity contribution >= 4 is 11.6 Å². The smallest absolute Gasteiger partial charge is 0.145 e. The van der Waals surface area contributed by atoms with Gasteiger partial charge >= 0.3 is 0 Å². The standard InChI is InChI=1S/C11H20O2.Lu/c1-10(2,3)8(12)7-9(13)11(4,5)6;/h7H2,1-6H3;. The van der Waals surface area contributed by atoms with Crippen LogP contribution in [0.1, 0.15) is 48.0 Å². The summed E-state index contributed by atoms with van der Waals surface area (Å²) in [5.41, 5.74) is -0.804. The second kappa shape index (κ2) is 5.60. The van der Waals surface area contributed by atoms with E-state index >= 15 is 0 Å². The van der Waals surface area contributed by atoms with Gasteiger partial charge in [-0.1, -0.05) is 41.5 Å². The summed E-state index contributed by atoms with van der Waals surface area (Å²) in [5, 5.41) is 0. The molecule has 0 bridgehead atoms. The Morgan fingerprint density at radius 3 is 1.14 bits per heavy atom. The van der Waals surface area contributed by atoms with E-state index in [1.54, 1.807) is 0 Å². The predicted molar refractivity (Wildman–Crippen MR) is 53.5 cm³/mol. The van der Waals surface area contributed by atoms with Crippen LogP contribution >= 0.6 is 0 Å². The van der Waals surface area contributed by atoms with E-state index in [1.807, 2.05) is 41.5 Å². The van der Waals surface area contributed by atoms with E-state index < -0.39 is 10.8 Å². The zero-order chi connectivity index (χ0) is 10.9. The van der Waals surface area contributed by atoms with Gasteiger partial charge in [0.2, 0.25) is 0 Å². The van der Waals surface area contributed by atoms with Gasteiger partial charge in [0, 0.05) is 47.7 Å². The Balaban J connectivity index is 0. The molecule has 0 heterocycles. The minimum absolute atomic E-state index is 0. The predicted octanol–water partition coefficient (Wildman–Crippen LogP) is 2.61. The van der Waals surface area contributed by atoms with Gasteiger partial charge in [-0.3, -0.25) is 9.59 Å². The second-order valence-corrected chi connectivity index (χ2v) is 5.52. The fourth-order valence-corrected chi connectivity index (χ4v) is 0.676. The van der Waals surface area contributed by atoms with Crippen molar-refractivity contribution in [1.82, 2.24) is 0 Å². The molecule has 2 nitrogen and oxygen atoms in total. The first-order valence-corrected chi connectivity index (χ1v) is 4.62. The molecular formula is C11H20LuO2. The summed E-state index contributed by atoms with van der Waals surface area (Å²) in [6.07, 6.45) is 0.0625. The number of hydrogen-bond acceptors (Lipinski definition) is 2. The van der Waals surface area contributed by atoms with E-state index in [1.165, 1.54) is 0 Å². The van der Waals surface area contributed by atoms with Gasteiger partial charge in [-0.25, -0.2) is 0 Å². The maximum Gasteiger partial charge on any atom is 0.145 e. The maximum absolute atomic E-state index is 11.5. The maximum atomic E-state index is 11.5. The molecule has 0 saturated carbocycles. The Morgan fingerprint density at radius 2 is 1.00 bits per heavy atom. The van der Waals surface area contributed by atoms with Crippen molar-refractivity contribution in [2.45, 2.75) is 48.0 Å². The summed E-state index contributed by atoms with van der Waals surface area (Å²) in [5.74, 6) is 0.0415. The minimum Gasteiger partial charge on any atom is -0.299 e. The number of Topliss-reactive ketones (excluding diaryl/α,β-unsaturated/α-hetero) is 2. The summed E-state index contributed by atoms with van der Waals surface area (Å²) < 4.78 is 0. The molecule has 3 heteroatoms. The summed E-state index contributed by atoms with van der Waals surface area (Å²) in [6, 6.07) is 0. The second-order valence-electron chi connectivity index (χ2n) is 5.52. The van der Waals surface area contributed by atoms with Crippen LogP contribution in [0.4, 0.5) is 0 Å². The first kappa shape index (κ1) is 17.0. The van der Waals surface area contributed by atoms with Crippen LogP contribution in [0.5, 0.6) is 0 Å². The van der Waals surface area contributed by atoms with E-state index in [9.17, 15) is 9.59 Å². The van der Waals surface area contributed by atoms with Crippen molar-refractivity contribution < 1.29 is 46.5 Å². The third-order valence-corrected chi connectivity index (χ3v) is 1.99. The van der Waals surface area contributed by atoms with Gasteiger partial charge in [-0.05, 0) is 0 Å². The first-order chi connectivity index (χ1) is 5.55. The topological polar surface area (TPSA) is 34.1 Å². The summed E-state index contributed by atoms with van der Waals surface area (Å²) in [7, 11) is 0. The summed E-state index contributed by atoms with van der Waals surface area (Å²) >= 11 is 0. The molecule has 0 N–H and O–H groups in total. The van der Waals surface area contributed by atoms with Gasteiger partial charge in [0.15, 0.2) is 0 Å². The van der Waals surface area contributed by atoms with Gasteiger partial charge in [0.05, 0.1) is 6.42 Å². The summed E-state index contributed by atoms with van der Waals surface area (Å²) in [4.78, 5) is 23.0. The van der Waals surface area contributed by atoms with E-state index in [-0.39, 0.29) is 54.9 Å². The minimum atomic E-state index is -0.402. The molecule has 0 aromatic carbocycles. The number of carbonyl (C=O) groups excluding carboxylic acids is 2. The summed E-state index contributed by atoms with van der Waals surface area (Å²) in [6.45, 7) is 11.0. The molecule has 0 unspecified atom stereocenters. The van der Waals surface area contributed by atoms with Crippen molar-refractivity contribution in [3.63, 3.8) is 0 Å². The van der Waals surface area contributed by atoms with Gasteiger partial charge in [0.1, 0.15) is 11.6 Å². The number of rotatable bonds is 2. The van der Waals surface area contributed by atoms with Crippen LogP contribution in [0.25, 0.3) is 0 Å². The van der Waals surface area contributed by atoms with Gasteiger partial charge < -0.3 is 0 Å². The number of carbonyl (C=O) groups is 2. The molecule has 0 saturated heterocycles. The third-order valence-electron chi connectivity index (χ3n) is 1.99. The SMILES string of the molecule is CC(C)(C)C(=O)CC(=O)C(C)(C)C.[Lu]. The molecule has 0 aromatic rings. The first-order valence-electron chi connectivity index (χ1n) is 4.62. The quantitative estimate of drug-likeness (QED) is 0.711. The average molecular weight is 359 g/mol. The monoisotopic (exact) mass is 359 g/mol. The van der Waals surface area contributed by atoms with Crippen LogP contribution < -0.4 is 0 Å². The van der Waals surface area contributed by atoms with Crippen molar-refractivity contribution in [3.8, 4) is 0 Å². The van der Waals surface area contributed by atoms with Crippen molar-refractivity contribution in [1.29, 1.82) is 0 Å². The van der Waals surface area contributed by atoms with Gasteiger partial charge in [0.25, 0.3) is 0 Å². The van der Waals surface area contributed by atoms with Crippen molar-refractivity contribution in [2.24, 2.45) is 10.8 Å². The molecule has 14 heavy (non-hydrogen) atoms. The molecule has 0 rings (SSSR count). The van der Waals surface area contributed by atoms with Gasteiger partial charge in [-0.15, -0.1) is 0 Å². The zero-order valence-electron chi connectivity index (χ0n) is 9.78. The number of hydrogen-bond donors (Lipinski definition) is 0. The van der Waals surface area contributed by atoms with Crippen LogP contribution in [-0.2, 0) is 9.59 Å². The molecule has 0 aliphatic carbocycles. The fraction of sp³-hybridized carbons (Fsp3) is 0.818. The van der Waals surface area contributed by atoms with Crippen molar-refractivity contribution in [2.75, 3.05) is 0 Å². The van der Waals surface area contributed by atoms with Crippen LogP contribution in [0.2, 0.25) is 0 Å².